The van der Waals surface area contributed by atoms with Gasteiger partial charge in [0.15, 0.2) is 0 Å². The number of amides is 1. The van der Waals surface area contributed by atoms with Gasteiger partial charge < -0.3 is 10.6 Å². The summed E-state index contributed by atoms with van der Waals surface area (Å²) in [4.78, 5) is 13.7. The maximum Gasteiger partial charge on any atom is 0.401 e. The Kier molecular flexibility index (Phi) is 5.63. The molecule has 140 valence electrons. The zero-order valence-electron chi connectivity index (χ0n) is 14.1. The highest BCUT2D eigenvalue weighted by atomic mass is 19.4. The number of nitrogens with zero attached hydrogens (tertiary/aromatic N) is 3. The summed E-state index contributed by atoms with van der Waals surface area (Å²) in [6, 6.07) is 1.86. The second kappa shape index (κ2) is 7.74. The number of halogens is 3. The number of carbonyl (C=O) groups is 1. The quantitative estimate of drug-likeness (QED) is 0.857. The second-order valence-corrected chi connectivity index (χ2v) is 6.82. The summed E-state index contributed by atoms with van der Waals surface area (Å²) in [6.07, 6.45) is 0.815. The molecular formula is C16H24F3N5O. The fourth-order valence-electron chi connectivity index (χ4n) is 3.47. The number of hydrogen-bond donors (Lipinski definition) is 2. The maximum atomic E-state index is 12.4. The van der Waals surface area contributed by atoms with Crippen LogP contribution in [0.3, 0.4) is 0 Å². The highest BCUT2D eigenvalue weighted by Gasteiger charge is 2.33. The van der Waals surface area contributed by atoms with E-state index in [9.17, 15) is 18.0 Å². The fourth-order valence-corrected chi connectivity index (χ4v) is 3.47. The molecule has 9 heteroatoms. The van der Waals surface area contributed by atoms with Gasteiger partial charge in [0.1, 0.15) is 5.69 Å². The Balaban J connectivity index is 1.47. The first-order valence-corrected chi connectivity index (χ1v) is 8.76. The molecule has 2 aliphatic heterocycles. The molecule has 6 nitrogen and oxygen atoms in total. The molecule has 3 rings (SSSR count). The van der Waals surface area contributed by atoms with Gasteiger partial charge in [0.2, 0.25) is 0 Å². The fraction of sp³-hybridized carbons (Fsp3) is 0.750. The molecule has 25 heavy (non-hydrogen) atoms. The minimum absolute atomic E-state index is 0.0986. The van der Waals surface area contributed by atoms with Crippen LogP contribution in [-0.2, 0) is 0 Å². The molecule has 1 atom stereocenters. The van der Waals surface area contributed by atoms with Crippen LogP contribution in [0.25, 0.3) is 0 Å². The Morgan fingerprint density at radius 2 is 2.08 bits per heavy atom. The molecule has 1 unspecified atom stereocenters. The van der Waals surface area contributed by atoms with E-state index in [2.05, 4.69) is 15.7 Å². The average Bonchev–Trinajstić information content (AvgIpc) is 3.06. The van der Waals surface area contributed by atoms with Crippen LogP contribution in [0.5, 0.6) is 0 Å². The minimum Gasteiger partial charge on any atom is -0.348 e. The molecule has 0 aliphatic carbocycles. The Labute approximate surface area is 144 Å². The maximum absolute atomic E-state index is 12.4. The first-order valence-electron chi connectivity index (χ1n) is 8.76. The molecule has 0 radical (unpaired) electrons. The van der Waals surface area contributed by atoms with E-state index in [0.29, 0.717) is 31.6 Å². The molecule has 1 amide bonds. The summed E-state index contributed by atoms with van der Waals surface area (Å²) in [7, 11) is 0. The molecule has 0 spiro atoms. The molecule has 0 bridgehead atoms. The summed E-state index contributed by atoms with van der Waals surface area (Å²) < 4.78 is 39.0. The van der Waals surface area contributed by atoms with Gasteiger partial charge >= 0.3 is 6.18 Å². The van der Waals surface area contributed by atoms with E-state index < -0.39 is 12.7 Å². The summed E-state index contributed by atoms with van der Waals surface area (Å²) in [5, 5.41) is 10.6. The highest BCUT2D eigenvalue weighted by molar-refractivity contribution is 5.92. The van der Waals surface area contributed by atoms with Crippen LogP contribution in [0.2, 0.25) is 0 Å². The predicted octanol–water partition coefficient (Wildman–Crippen LogP) is 1.56. The Morgan fingerprint density at radius 3 is 2.72 bits per heavy atom. The van der Waals surface area contributed by atoms with Gasteiger partial charge in [0.25, 0.3) is 5.91 Å². The Hall–Kier alpha value is -1.61. The van der Waals surface area contributed by atoms with Gasteiger partial charge in [-0.2, -0.15) is 18.3 Å². The molecule has 0 aromatic carbocycles. The van der Waals surface area contributed by atoms with Crippen LogP contribution < -0.4 is 10.6 Å². The van der Waals surface area contributed by atoms with Gasteiger partial charge in [0.05, 0.1) is 12.6 Å². The van der Waals surface area contributed by atoms with Crippen LogP contribution in [0.1, 0.15) is 42.2 Å². The topological polar surface area (TPSA) is 62.2 Å². The van der Waals surface area contributed by atoms with Crippen molar-refractivity contribution in [1.82, 2.24) is 25.3 Å². The van der Waals surface area contributed by atoms with Gasteiger partial charge in [-0.3, -0.25) is 14.4 Å². The van der Waals surface area contributed by atoms with Crippen molar-refractivity contribution in [3.8, 4) is 0 Å². The molecule has 0 saturated carbocycles. The van der Waals surface area contributed by atoms with Crippen LogP contribution in [-0.4, -0.2) is 65.5 Å². The molecule has 2 N–H and O–H groups in total. The van der Waals surface area contributed by atoms with Crippen molar-refractivity contribution in [3.05, 3.63) is 18.0 Å². The molecule has 2 aliphatic rings. The van der Waals surface area contributed by atoms with Gasteiger partial charge in [-0.15, -0.1) is 0 Å². The number of likely N-dealkylation sites (tertiary alicyclic amines) is 1. The smallest absolute Gasteiger partial charge is 0.348 e. The number of hydrogen-bond acceptors (Lipinski definition) is 4. The zero-order chi connectivity index (χ0) is 17.9. The molecule has 1 aromatic heterocycles. The third kappa shape index (κ3) is 5.18. The number of piperidine rings is 2. The first kappa shape index (κ1) is 18.2. The van der Waals surface area contributed by atoms with Crippen molar-refractivity contribution in [2.24, 2.45) is 0 Å². The van der Waals surface area contributed by atoms with Crippen LogP contribution >= 0.6 is 0 Å². The van der Waals surface area contributed by atoms with Crippen molar-refractivity contribution in [2.75, 3.05) is 32.7 Å². The minimum atomic E-state index is -4.17. The predicted molar refractivity (Wildman–Crippen MR) is 86.4 cm³/mol. The summed E-state index contributed by atoms with van der Waals surface area (Å²) in [6.45, 7) is 1.66. The largest absolute Gasteiger partial charge is 0.401 e. The van der Waals surface area contributed by atoms with Gasteiger partial charge in [-0.25, -0.2) is 0 Å². The molecule has 1 aromatic rings. The lowest BCUT2D eigenvalue weighted by Crippen LogP contribution is -2.47. The third-order valence-corrected chi connectivity index (χ3v) is 4.81. The van der Waals surface area contributed by atoms with E-state index >= 15 is 0 Å². The summed E-state index contributed by atoms with van der Waals surface area (Å²) >= 11 is 0. The summed E-state index contributed by atoms with van der Waals surface area (Å²) in [5.74, 6) is -0.253. The number of aromatic nitrogens is 2. The zero-order valence-corrected chi connectivity index (χ0v) is 14.1. The third-order valence-electron chi connectivity index (χ3n) is 4.81. The average molecular weight is 359 g/mol. The molecular weight excluding hydrogens is 335 g/mol. The number of alkyl halides is 3. The normalized spacial score (nSPS) is 23.6. The van der Waals surface area contributed by atoms with Crippen LogP contribution in [0.15, 0.2) is 12.3 Å². The summed E-state index contributed by atoms with van der Waals surface area (Å²) in [5.41, 5.74) is 0.364. The van der Waals surface area contributed by atoms with Crippen molar-refractivity contribution in [1.29, 1.82) is 0 Å². The Morgan fingerprint density at radius 1 is 1.32 bits per heavy atom. The van der Waals surface area contributed by atoms with Crippen LogP contribution in [0, 0.1) is 0 Å². The standard InChI is InChI=1S/C16H24F3N5O/c17-16(18,19)11-23-7-3-12(4-8-23)21-15(25)14-5-9-24(22-14)13-2-1-6-20-10-13/h5,9,12-13,20H,1-4,6-8,10-11H2,(H,21,25). The van der Waals surface area contributed by atoms with E-state index in [1.54, 1.807) is 6.07 Å². The molecule has 3 heterocycles. The highest BCUT2D eigenvalue weighted by Crippen LogP contribution is 2.20. The van der Waals surface area contributed by atoms with Crippen LogP contribution in [0.4, 0.5) is 13.2 Å². The monoisotopic (exact) mass is 359 g/mol. The molecule has 2 fully saturated rings. The first-order chi connectivity index (χ1) is 11.9. The SMILES string of the molecule is O=C(NC1CCN(CC(F)(F)F)CC1)c1ccn(C2CCCNC2)n1. The number of rotatable bonds is 4. The lowest BCUT2D eigenvalue weighted by Gasteiger charge is -2.32. The van der Waals surface area contributed by atoms with E-state index in [1.807, 2.05) is 10.9 Å². The van der Waals surface area contributed by atoms with Crippen molar-refractivity contribution >= 4 is 5.91 Å². The lowest BCUT2D eigenvalue weighted by atomic mass is 10.0. The van der Waals surface area contributed by atoms with Gasteiger partial charge in [0, 0.05) is 31.9 Å². The van der Waals surface area contributed by atoms with Crippen molar-refractivity contribution in [2.45, 2.75) is 43.9 Å². The number of carbonyl (C=O) groups excluding carboxylic acids is 1. The van der Waals surface area contributed by atoms with Crippen molar-refractivity contribution < 1.29 is 18.0 Å². The molecule has 2 saturated heterocycles. The Bertz CT molecular complexity index is 575. The van der Waals surface area contributed by atoms with Crippen molar-refractivity contribution in [3.63, 3.8) is 0 Å². The van der Waals surface area contributed by atoms with Gasteiger partial charge in [-0.1, -0.05) is 0 Å². The van der Waals surface area contributed by atoms with E-state index in [4.69, 9.17) is 0 Å². The van der Waals surface area contributed by atoms with E-state index in [0.717, 1.165) is 25.9 Å². The van der Waals surface area contributed by atoms with Gasteiger partial charge in [-0.05, 0) is 38.3 Å². The number of nitrogens with one attached hydrogen (secondary N) is 2. The van der Waals surface area contributed by atoms with E-state index in [1.165, 1.54) is 4.90 Å². The second-order valence-electron chi connectivity index (χ2n) is 6.82. The van der Waals surface area contributed by atoms with E-state index in [-0.39, 0.29) is 18.0 Å². The lowest BCUT2D eigenvalue weighted by molar-refractivity contribution is -0.148.